The van der Waals surface area contributed by atoms with Gasteiger partial charge in [0.25, 0.3) is 5.91 Å². The Bertz CT molecular complexity index is 681. The van der Waals surface area contributed by atoms with Gasteiger partial charge in [0, 0.05) is 19.3 Å². The van der Waals surface area contributed by atoms with E-state index in [-0.39, 0.29) is 5.91 Å². The predicted octanol–water partition coefficient (Wildman–Crippen LogP) is 2.26. The Morgan fingerprint density at radius 2 is 2.29 bits per heavy atom. The molecule has 5 nitrogen and oxygen atoms in total. The molecule has 1 saturated heterocycles. The Morgan fingerprint density at radius 3 is 3.05 bits per heavy atom. The average molecular weight is 305 g/mol. The number of thiophene rings is 1. The van der Waals surface area contributed by atoms with Crippen LogP contribution in [0.5, 0.6) is 0 Å². The van der Waals surface area contributed by atoms with E-state index in [1.165, 1.54) is 11.3 Å². The van der Waals surface area contributed by atoms with E-state index in [2.05, 4.69) is 4.98 Å². The number of hydrogen-bond acceptors (Lipinski definition) is 5. The van der Waals surface area contributed by atoms with Crippen molar-refractivity contribution in [2.24, 2.45) is 0 Å². The maximum atomic E-state index is 12.7. The number of likely N-dealkylation sites (tertiary alicyclic amines) is 1. The molecule has 1 amide bonds. The molecule has 3 N–H and O–H groups in total. The van der Waals surface area contributed by atoms with Crippen molar-refractivity contribution in [1.29, 1.82) is 0 Å². The maximum absolute atomic E-state index is 12.7. The molecule has 0 radical (unpaired) electrons. The monoisotopic (exact) mass is 305 g/mol. The second-order valence-electron chi connectivity index (χ2n) is 5.84. The minimum absolute atomic E-state index is 0.0480. The Hall–Kier alpha value is -1.66. The SMILES string of the molecule is CC1(O)CCCN(C(=O)c2sc3cccnc3c2N)CC1. The zero-order valence-electron chi connectivity index (χ0n) is 12.0. The zero-order chi connectivity index (χ0) is 15.0. The highest BCUT2D eigenvalue weighted by Gasteiger charge is 2.29. The molecule has 0 spiro atoms. The van der Waals surface area contributed by atoms with Crippen LogP contribution in [0, 0.1) is 0 Å². The van der Waals surface area contributed by atoms with Gasteiger partial charge in [0.15, 0.2) is 0 Å². The number of anilines is 1. The number of hydrogen-bond donors (Lipinski definition) is 2. The number of nitrogen functional groups attached to an aromatic ring is 1. The lowest BCUT2D eigenvalue weighted by Crippen LogP contribution is -2.33. The minimum atomic E-state index is -0.678. The van der Waals surface area contributed by atoms with Crippen LogP contribution in [0.2, 0.25) is 0 Å². The number of aromatic nitrogens is 1. The molecule has 0 bridgehead atoms. The fraction of sp³-hybridized carbons (Fsp3) is 0.467. The first-order valence-corrected chi connectivity index (χ1v) is 7.94. The molecule has 1 atom stereocenters. The summed E-state index contributed by atoms with van der Waals surface area (Å²) in [5.74, 6) is -0.0480. The summed E-state index contributed by atoms with van der Waals surface area (Å²) >= 11 is 1.39. The van der Waals surface area contributed by atoms with Gasteiger partial charge in [0.05, 0.1) is 16.0 Å². The van der Waals surface area contributed by atoms with Crippen LogP contribution in [0.3, 0.4) is 0 Å². The Balaban J connectivity index is 1.88. The molecule has 1 aliphatic heterocycles. The Kier molecular flexibility index (Phi) is 3.59. The van der Waals surface area contributed by atoms with Crippen molar-refractivity contribution in [3.63, 3.8) is 0 Å². The topological polar surface area (TPSA) is 79.5 Å². The van der Waals surface area contributed by atoms with Gasteiger partial charge >= 0.3 is 0 Å². The summed E-state index contributed by atoms with van der Waals surface area (Å²) < 4.78 is 0.931. The molecular formula is C15H19N3O2S. The molecular weight excluding hydrogens is 286 g/mol. The van der Waals surface area contributed by atoms with Crippen LogP contribution in [-0.4, -0.2) is 39.6 Å². The van der Waals surface area contributed by atoms with Crippen molar-refractivity contribution >= 4 is 33.1 Å². The fourth-order valence-electron chi connectivity index (χ4n) is 2.72. The van der Waals surface area contributed by atoms with E-state index in [1.54, 1.807) is 11.1 Å². The highest BCUT2D eigenvalue weighted by Crippen LogP contribution is 2.33. The van der Waals surface area contributed by atoms with Crippen molar-refractivity contribution in [3.8, 4) is 0 Å². The number of rotatable bonds is 1. The number of carbonyl (C=O) groups is 1. The zero-order valence-corrected chi connectivity index (χ0v) is 12.8. The van der Waals surface area contributed by atoms with E-state index in [0.29, 0.717) is 35.6 Å². The maximum Gasteiger partial charge on any atom is 0.266 e. The summed E-state index contributed by atoms with van der Waals surface area (Å²) in [6.07, 6.45) is 3.81. The van der Waals surface area contributed by atoms with Gasteiger partial charge in [0.2, 0.25) is 0 Å². The van der Waals surface area contributed by atoms with Crippen molar-refractivity contribution in [1.82, 2.24) is 9.88 Å². The highest BCUT2D eigenvalue weighted by atomic mass is 32.1. The second kappa shape index (κ2) is 5.27. The number of nitrogens with two attached hydrogens (primary N) is 1. The van der Waals surface area contributed by atoms with Crippen LogP contribution >= 0.6 is 11.3 Å². The molecule has 2 aromatic heterocycles. The van der Waals surface area contributed by atoms with E-state index < -0.39 is 5.60 Å². The van der Waals surface area contributed by atoms with Gasteiger partial charge in [-0.15, -0.1) is 11.3 Å². The van der Waals surface area contributed by atoms with E-state index >= 15 is 0 Å². The Morgan fingerprint density at radius 1 is 1.48 bits per heavy atom. The van der Waals surface area contributed by atoms with Crippen LogP contribution in [0.4, 0.5) is 5.69 Å². The first-order chi connectivity index (χ1) is 9.98. The number of pyridine rings is 1. The van der Waals surface area contributed by atoms with Crippen LogP contribution < -0.4 is 5.73 Å². The molecule has 1 unspecified atom stereocenters. The Labute approximate surface area is 127 Å². The standard InChI is InChI=1S/C15H19N3O2S/c1-15(20)5-3-8-18(9-6-15)14(19)13-11(16)12-10(21-13)4-2-7-17-12/h2,4,7,20H,3,5-6,8-9,16H2,1H3. The lowest BCUT2D eigenvalue weighted by atomic mass is 9.98. The smallest absolute Gasteiger partial charge is 0.266 e. The lowest BCUT2D eigenvalue weighted by molar-refractivity contribution is 0.0438. The summed E-state index contributed by atoms with van der Waals surface area (Å²) in [4.78, 5) is 19.3. The highest BCUT2D eigenvalue weighted by molar-refractivity contribution is 7.21. The van der Waals surface area contributed by atoms with Crippen LogP contribution in [-0.2, 0) is 0 Å². The minimum Gasteiger partial charge on any atom is -0.396 e. The normalized spacial score (nSPS) is 23.2. The molecule has 21 heavy (non-hydrogen) atoms. The van der Waals surface area contributed by atoms with Gasteiger partial charge in [-0.1, -0.05) is 0 Å². The molecule has 2 aromatic rings. The first kappa shape index (κ1) is 14.3. The lowest BCUT2D eigenvalue weighted by Gasteiger charge is -2.22. The number of fused-ring (bicyclic) bond motifs is 1. The molecule has 3 rings (SSSR count). The van der Waals surface area contributed by atoms with E-state index in [1.807, 2.05) is 19.1 Å². The summed E-state index contributed by atoms with van der Waals surface area (Å²) in [6.45, 7) is 3.06. The number of aliphatic hydroxyl groups is 1. The molecule has 3 heterocycles. The largest absolute Gasteiger partial charge is 0.396 e. The van der Waals surface area contributed by atoms with Crippen molar-refractivity contribution < 1.29 is 9.90 Å². The van der Waals surface area contributed by atoms with Gasteiger partial charge in [-0.3, -0.25) is 9.78 Å². The number of nitrogens with zero attached hydrogens (tertiary/aromatic N) is 2. The van der Waals surface area contributed by atoms with Crippen molar-refractivity contribution in [2.45, 2.75) is 31.8 Å². The second-order valence-corrected chi connectivity index (χ2v) is 6.89. The third-order valence-corrected chi connectivity index (χ3v) is 5.18. The summed E-state index contributed by atoms with van der Waals surface area (Å²) in [5, 5.41) is 10.1. The van der Waals surface area contributed by atoms with Gasteiger partial charge in [-0.05, 0) is 38.3 Å². The van der Waals surface area contributed by atoms with Gasteiger partial charge < -0.3 is 15.7 Å². The van der Waals surface area contributed by atoms with Crippen molar-refractivity contribution in [2.75, 3.05) is 18.8 Å². The number of amides is 1. The third kappa shape index (κ3) is 2.73. The molecule has 0 saturated carbocycles. The molecule has 0 aliphatic carbocycles. The van der Waals surface area contributed by atoms with Gasteiger partial charge in [-0.25, -0.2) is 0 Å². The van der Waals surface area contributed by atoms with Gasteiger partial charge in [0.1, 0.15) is 10.4 Å². The molecule has 1 fully saturated rings. The third-order valence-electron chi connectivity index (χ3n) is 4.03. The van der Waals surface area contributed by atoms with Crippen molar-refractivity contribution in [3.05, 3.63) is 23.2 Å². The van der Waals surface area contributed by atoms with Gasteiger partial charge in [-0.2, -0.15) is 0 Å². The van der Waals surface area contributed by atoms with Crippen LogP contribution in [0.25, 0.3) is 10.2 Å². The molecule has 6 heteroatoms. The summed E-state index contributed by atoms with van der Waals surface area (Å²) in [6, 6.07) is 3.77. The molecule has 112 valence electrons. The predicted molar refractivity (Wildman–Crippen MR) is 84.4 cm³/mol. The van der Waals surface area contributed by atoms with E-state index in [0.717, 1.165) is 17.5 Å². The molecule has 0 aromatic carbocycles. The fourth-order valence-corrected chi connectivity index (χ4v) is 3.77. The van der Waals surface area contributed by atoms with E-state index in [9.17, 15) is 9.90 Å². The summed E-state index contributed by atoms with van der Waals surface area (Å²) in [7, 11) is 0. The summed E-state index contributed by atoms with van der Waals surface area (Å²) in [5.41, 5.74) is 6.58. The average Bonchev–Trinajstić information content (AvgIpc) is 2.67. The first-order valence-electron chi connectivity index (χ1n) is 7.12. The van der Waals surface area contributed by atoms with Crippen LogP contribution in [0.15, 0.2) is 18.3 Å². The van der Waals surface area contributed by atoms with E-state index in [4.69, 9.17) is 5.73 Å². The quantitative estimate of drug-likeness (QED) is 0.847. The number of carbonyl (C=O) groups excluding carboxylic acids is 1. The molecule has 1 aliphatic rings. The van der Waals surface area contributed by atoms with Crippen LogP contribution in [0.1, 0.15) is 35.9 Å².